The summed E-state index contributed by atoms with van der Waals surface area (Å²) in [6.07, 6.45) is -3.59. The highest BCUT2D eigenvalue weighted by Crippen LogP contribution is 2.17. The zero-order chi connectivity index (χ0) is 14.2. The highest BCUT2D eigenvalue weighted by Gasteiger charge is 2.31. The summed E-state index contributed by atoms with van der Waals surface area (Å²) in [4.78, 5) is 0. The van der Waals surface area contributed by atoms with Gasteiger partial charge in [0.15, 0.2) is 0 Å². The molecule has 0 N–H and O–H groups in total. The first-order valence-electron chi connectivity index (χ1n) is 5.30. The van der Waals surface area contributed by atoms with Crippen molar-refractivity contribution in [3.05, 3.63) is 0 Å². The quantitative estimate of drug-likeness (QED) is 0.478. The van der Waals surface area contributed by atoms with Crippen molar-refractivity contribution in [1.29, 1.82) is 0 Å². The Labute approximate surface area is 104 Å². The first-order valence-corrected chi connectivity index (χ1v) is 7.12. The third kappa shape index (κ3) is 12.1. The van der Waals surface area contributed by atoms with Crippen molar-refractivity contribution < 1.29 is 35.2 Å². The molecule has 0 amide bonds. The maximum absolute atomic E-state index is 11.8. The number of halogens is 3. The second-order valence-electron chi connectivity index (χ2n) is 3.59. The second kappa shape index (κ2) is 7.93. The average molecular weight is 294 g/mol. The smallest absolute Gasteiger partial charge is 0.373 e. The zero-order valence-electron chi connectivity index (χ0n) is 10.2. The summed E-state index contributed by atoms with van der Waals surface area (Å²) in [6, 6.07) is 0. The molecule has 0 saturated heterocycles. The summed E-state index contributed by atoms with van der Waals surface area (Å²) >= 11 is 0. The van der Waals surface area contributed by atoms with E-state index in [1.165, 1.54) is 0 Å². The Balaban J connectivity index is 4.15. The van der Waals surface area contributed by atoms with Gasteiger partial charge in [0.05, 0.1) is 19.5 Å². The van der Waals surface area contributed by atoms with Crippen LogP contribution < -0.4 is 0 Å². The fourth-order valence-electron chi connectivity index (χ4n) is 0.926. The minimum Gasteiger partial charge on any atom is -0.373 e. The van der Waals surface area contributed by atoms with Gasteiger partial charge in [-0.2, -0.15) is 8.42 Å². The molecule has 0 aliphatic carbocycles. The summed E-state index contributed by atoms with van der Waals surface area (Å²) in [5, 5.41) is 0. The van der Waals surface area contributed by atoms with E-state index in [0.717, 1.165) is 12.7 Å². The molecule has 0 rings (SSSR count). The van der Waals surface area contributed by atoms with Gasteiger partial charge in [0.2, 0.25) is 0 Å². The number of hydrogen-bond acceptors (Lipinski definition) is 5. The van der Waals surface area contributed by atoms with E-state index < -0.39 is 35.8 Å². The summed E-state index contributed by atoms with van der Waals surface area (Å²) in [5.41, 5.74) is 0. The molecule has 0 aromatic rings. The van der Waals surface area contributed by atoms with Crippen LogP contribution in [0.5, 0.6) is 0 Å². The van der Waals surface area contributed by atoms with Crippen LogP contribution in [0.25, 0.3) is 0 Å². The van der Waals surface area contributed by atoms with E-state index in [4.69, 9.17) is 4.74 Å². The van der Waals surface area contributed by atoms with E-state index in [9.17, 15) is 21.6 Å². The van der Waals surface area contributed by atoms with Crippen molar-refractivity contribution in [2.75, 3.05) is 26.1 Å². The molecule has 9 heteroatoms. The van der Waals surface area contributed by atoms with Gasteiger partial charge in [-0.1, -0.05) is 13.3 Å². The Morgan fingerprint density at radius 3 is 2.28 bits per heavy atom. The molecule has 0 aromatic heterocycles. The van der Waals surface area contributed by atoms with Crippen LogP contribution in [-0.4, -0.2) is 47.0 Å². The van der Waals surface area contributed by atoms with Crippen LogP contribution in [0.1, 0.15) is 19.8 Å². The molecule has 1 atom stereocenters. The molecule has 0 bridgehead atoms. The van der Waals surface area contributed by atoms with E-state index >= 15 is 0 Å². The highest BCUT2D eigenvalue weighted by atomic mass is 32.2. The Hall–Kier alpha value is -0.380. The maximum atomic E-state index is 11.8. The van der Waals surface area contributed by atoms with Gasteiger partial charge in [-0.05, 0) is 6.42 Å². The Morgan fingerprint density at radius 2 is 1.83 bits per heavy atom. The summed E-state index contributed by atoms with van der Waals surface area (Å²) in [7, 11) is -3.72. The van der Waals surface area contributed by atoms with Gasteiger partial charge in [-0.3, -0.25) is 8.92 Å². The maximum Gasteiger partial charge on any atom is 0.522 e. The lowest BCUT2D eigenvalue weighted by molar-refractivity contribution is -0.332. The van der Waals surface area contributed by atoms with Crippen molar-refractivity contribution in [1.82, 2.24) is 0 Å². The topological polar surface area (TPSA) is 61.8 Å². The van der Waals surface area contributed by atoms with Crippen LogP contribution in [0.4, 0.5) is 13.2 Å². The average Bonchev–Trinajstić information content (AvgIpc) is 2.19. The van der Waals surface area contributed by atoms with Crippen LogP contribution in [-0.2, 0) is 23.8 Å². The normalized spacial score (nSPS) is 14.7. The van der Waals surface area contributed by atoms with Crippen LogP contribution in [0.15, 0.2) is 0 Å². The van der Waals surface area contributed by atoms with Crippen molar-refractivity contribution in [3.63, 3.8) is 0 Å². The largest absolute Gasteiger partial charge is 0.522 e. The van der Waals surface area contributed by atoms with E-state index in [1.807, 2.05) is 6.92 Å². The molecule has 0 heterocycles. The fourth-order valence-corrected chi connectivity index (χ4v) is 1.32. The first-order chi connectivity index (χ1) is 8.14. The molecule has 0 fully saturated rings. The monoisotopic (exact) mass is 294 g/mol. The van der Waals surface area contributed by atoms with E-state index in [0.29, 0.717) is 6.42 Å². The number of ether oxygens (including phenoxy) is 2. The zero-order valence-corrected chi connectivity index (χ0v) is 11.0. The molecule has 1 unspecified atom stereocenters. The number of hydrogen-bond donors (Lipinski definition) is 0. The van der Waals surface area contributed by atoms with Crippen molar-refractivity contribution >= 4 is 10.1 Å². The fraction of sp³-hybridized carbons (Fsp3) is 1.00. The number of alkyl halides is 3. The van der Waals surface area contributed by atoms with Crippen LogP contribution in [0.2, 0.25) is 0 Å². The van der Waals surface area contributed by atoms with Crippen molar-refractivity contribution in [2.45, 2.75) is 32.2 Å². The Kier molecular flexibility index (Phi) is 7.76. The third-order valence-electron chi connectivity index (χ3n) is 1.75. The molecule has 18 heavy (non-hydrogen) atoms. The minimum absolute atomic E-state index is 0.218. The predicted molar refractivity (Wildman–Crippen MR) is 57.5 cm³/mol. The van der Waals surface area contributed by atoms with Crippen LogP contribution >= 0.6 is 0 Å². The van der Waals surface area contributed by atoms with Gasteiger partial charge < -0.3 is 4.74 Å². The first kappa shape index (κ1) is 17.6. The van der Waals surface area contributed by atoms with E-state index in [-0.39, 0.29) is 6.61 Å². The molecule has 0 radical (unpaired) electrons. The van der Waals surface area contributed by atoms with Crippen LogP contribution in [0.3, 0.4) is 0 Å². The molecule has 5 nitrogen and oxygen atoms in total. The van der Waals surface area contributed by atoms with Crippen molar-refractivity contribution in [2.24, 2.45) is 0 Å². The van der Waals surface area contributed by atoms with Gasteiger partial charge in [0, 0.05) is 6.61 Å². The molecular weight excluding hydrogens is 277 g/mol. The molecular formula is C9H17F3O5S. The molecule has 0 saturated carbocycles. The standard InChI is InChI=1S/C9H17F3O5S/c1-3-4-5-15-8(6-16-9(10,11)12)7-17-18(2,13)14/h8H,3-7H2,1-2H3. The molecule has 0 aliphatic rings. The minimum atomic E-state index is -4.78. The lowest BCUT2D eigenvalue weighted by atomic mass is 10.3. The lowest BCUT2D eigenvalue weighted by Gasteiger charge is -2.18. The van der Waals surface area contributed by atoms with Gasteiger partial charge in [0.1, 0.15) is 6.10 Å². The summed E-state index contributed by atoms with van der Waals surface area (Å²) in [6.45, 7) is 0.800. The lowest BCUT2D eigenvalue weighted by Crippen LogP contribution is -2.30. The van der Waals surface area contributed by atoms with Crippen molar-refractivity contribution in [3.8, 4) is 0 Å². The Morgan fingerprint density at radius 1 is 1.22 bits per heavy atom. The second-order valence-corrected chi connectivity index (χ2v) is 5.24. The SMILES string of the molecule is CCCCOC(COC(F)(F)F)COS(C)(=O)=O. The molecule has 0 aliphatic heterocycles. The summed E-state index contributed by atoms with van der Waals surface area (Å²) in [5.74, 6) is 0. The predicted octanol–water partition coefficient (Wildman–Crippen LogP) is 1.68. The highest BCUT2D eigenvalue weighted by molar-refractivity contribution is 7.85. The third-order valence-corrected chi connectivity index (χ3v) is 2.32. The molecule has 0 aromatic carbocycles. The van der Waals surface area contributed by atoms with Gasteiger partial charge in [-0.25, -0.2) is 0 Å². The summed E-state index contributed by atoms with van der Waals surface area (Å²) < 4.78 is 70.0. The van der Waals surface area contributed by atoms with Crippen LogP contribution in [0, 0.1) is 0 Å². The number of rotatable bonds is 9. The van der Waals surface area contributed by atoms with Gasteiger partial charge in [0.25, 0.3) is 10.1 Å². The van der Waals surface area contributed by atoms with E-state index in [2.05, 4.69) is 8.92 Å². The molecule has 0 spiro atoms. The van der Waals surface area contributed by atoms with Gasteiger partial charge in [-0.15, -0.1) is 13.2 Å². The molecule has 110 valence electrons. The van der Waals surface area contributed by atoms with Gasteiger partial charge >= 0.3 is 6.36 Å². The Bertz CT molecular complexity index is 315. The van der Waals surface area contributed by atoms with E-state index in [1.54, 1.807) is 0 Å². The number of unbranched alkanes of at least 4 members (excludes halogenated alkanes) is 1.